The zero-order valence-corrected chi connectivity index (χ0v) is 17.3. The lowest BCUT2D eigenvalue weighted by atomic mass is 10.0. The molecule has 0 saturated carbocycles. The fraction of sp³-hybridized carbons (Fsp3) is 0.217. The summed E-state index contributed by atoms with van der Waals surface area (Å²) in [6.45, 7) is 1.72. The number of furan rings is 1. The molecule has 6 heteroatoms. The average Bonchev–Trinajstić information content (AvgIpc) is 3.10. The Morgan fingerprint density at radius 2 is 1.79 bits per heavy atom. The molecule has 1 heterocycles. The van der Waals surface area contributed by atoms with Crippen LogP contribution in [0.2, 0.25) is 0 Å². The molecule has 150 valence electrons. The molecule has 0 fully saturated rings. The molecule has 1 aromatic heterocycles. The quantitative estimate of drug-likeness (QED) is 0.539. The van der Waals surface area contributed by atoms with Gasteiger partial charge >= 0.3 is 5.97 Å². The van der Waals surface area contributed by atoms with Gasteiger partial charge < -0.3 is 14.5 Å². The number of aryl methyl sites for hydroxylation is 1. The number of benzene rings is 2. The van der Waals surface area contributed by atoms with Gasteiger partial charge in [0.25, 0.3) is 0 Å². The normalized spacial score (nSPS) is 10.6. The van der Waals surface area contributed by atoms with Crippen LogP contribution < -0.4 is 5.32 Å². The first kappa shape index (κ1) is 20.7. The van der Waals surface area contributed by atoms with Crippen LogP contribution in [-0.2, 0) is 21.7 Å². The predicted octanol–water partition coefficient (Wildman–Crippen LogP) is 4.84. The van der Waals surface area contributed by atoms with Crippen molar-refractivity contribution in [3.05, 3.63) is 88.9 Å². The minimum absolute atomic E-state index is 0.0769. The second kappa shape index (κ2) is 9.98. The lowest BCUT2D eigenvalue weighted by Gasteiger charge is -2.11. The molecular weight excluding hydrogens is 386 g/mol. The van der Waals surface area contributed by atoms with Crippen LogP contribution in [0.5, 0.6) is 0 Å². The van der Waals surface area contributed by atoms with Crippen LogP contribution in [0.4, 0.5) is 5.69 Å². The van der Waals surface area contributed by atoms with Gasteiger partial charge in [-0.3, -0.25) is 4.79 Å². The van der Waals surface area contributed by atoms with E-state index in [1.165, 1.54) is 24.4 Å². The van der Waals surface area contributed by atoms with Crippen molar-refractivity contribution in [3.8, 4) is 0 Å². The Hall–Kier alpha value is -2.99. The second-order valence-electron chi connectivity index (χ2n) is 6.53. The van der Waals surface area contributed by atoms with E-state index in [0.717, 1.165) is 17.7 Å². The van der Waals surface area contributed by atoms with Crippen molar-refractivity contribution >= 4 is 29.3 Å². The van der Waals surface area contributed by atoms with E-state index in [1.807, 2.05) is 42.5 Å². The molecule has 0 aliphatic heterocycles. The Morgan fingerprint density at radius 3 is 2.55 bits per heavy atom. The van der Waals surface area contributed by atoms with Crippen LogP contribution in [-0.4, -0.2) is 24.7 Å². The Morgan fingerprint density at radius 1 is 1.07 bits per heavy atom. The topological polar surface area (TPSA) is 68.5 Å². The van der Waals surface area contributed by atoms with E-state index in [-0.39, 0.29) is 11.7 Å². The number of hydrogen-bond acceptors (Lipinski definition) is 5. The standard InChI is InChI=1S/C23H23NO4S/c1-16-20(23(26)27-2)13-19(28-16)14-29-15-22(25)24-21-11-7-6-10-18(21)12-17-8-4-3-5-9-17/h3-11,13H,12,14-15H2,1-2H3,(H,24,25). The highest BCUT2D eigenvalue weighted by Gasteiger charge is 2.15. The lowest BCUT2D eigenvalue weighted by Crippen LogP contribution is -2.15. The van der Waals surface area contributed by atoms with Crippen molar-refractivity contribution in [2.75, 3.05) is 18.2 Å². The summed E-state index contributed by atoms with van der Waals surface area (Å²) in [5.74, 6) is 1.45. The summed E-state index contributed by atoms with van der Waals surface area (Å²) >= 11 is 1.43. The number of nitrogens with one attached hydrogen (secondary N) is 1. The zero-order valence-electron chi connectivity index (χ0n) is 16.4. The van der Waals surface area contributed by atoms with Crippen LogP contribution in [0.15, 0.2) is 65.1 Å². The first-order valence-electron chi connectivity index (χ1n) is 9.24. The summed E-state index contributed by atoms with van der Waals surface area (Å²) in [7, 11) is 1.34. The minimum Gasteiger partial charge on any atom is -0.465 e. The summed E-state index contributed by atoms with van der Waals surface area (Å²) in [6.07, 6.45) is 0.756. The molecule has 1 amide bonds. The van der Waals surface area contributed by atoms with Crippen molar-refractivity contribution in [1.82, 2.24) is 0 Å². The second-order valence-corrected chi connectivity index (χ2v) is 7.52. The molecule has 0 aliphatic rings. The van der Waals surface area contributed by atoms with Gasteiger partial charge in [0.1, 0.15) is 17.1 Å². The Bertz CT molecular complexity index is 982. The highest BCUT2D eigenvalue weighted by molar-refractivity contribution is 7.99. The van der Waals surface area contributed by atoms with Crippen LogP contribution >= 0.6 is 11.8 Å². The predicted molar refractivity (Wildman–Crippen MR) is 115 cm³/mol. The maximum Gasteiger partial charge on any atom is 0.341 e. The smallest absolute Gasteiger partial charge is 0.341 e. The van der Waals surface area contributed by atoms with Gasteiger partial charge in [0.15, 0.2) is 0 Å². The van der Waals surface area contributed by atoms with Gasteiger partial charge in [0, 0.05) is 5.69 Å². The van der Waals surface area contributed by atoms with Crippen LogP contribution in [0, 0.1) is 6.92 Å². The van der Waals surface area contributed by atoms with Crippen LogP contribution in [0.1, 0.15) is 33.0 Å². The number of para-hydroxylation sites is 1. The zero-order chi connectivity index (χ0) is 20.6. The maximum absolute atomic E-state index is 12.4. The van der Waals surface area contributed by atoms with Crippen LogP contribution in [0.25, 0.3) is 0 Å². The van der Waals surface area contributed by atoms with Crippen LogP contribution in [0.3, 0.4) is 0 Å². The molecule has 0 unspecified atom stereocenters. The van der Waals surface area contributed by atoms with E-state index in [9.17, 15) is 9.59 Å². The Balaban J connectivity index is 1.54. The van der Waals surface area contributed by atoms with Crippen molar-refractivity contribution in [3.63, 3.8) is 0 Å². The van der Waals surface area contributed by atoms with Gasteiger partial charge in [-0.05, 0) is 36.6 Å². The first-order chi connectivity index (χ1) is 14.1. The van der Waals surface area contributed by atoms with E-state index >= 15 is 0 Å². The van der Waals surface area contributed by atoms with Gasteiger partial charge in [-0.25, -0.2) is 4.79 Å². The summed E-state index contributed by atoms with van der Waals surface area (Å²) in [4.78, 5) is 24.0. The monoisotopic (exact) mass is 409 g/mol. The number of carbonyl (C=O) groups excluding carboxylic acids is 2. The summed E-state index contributed by atoms with van der Waals surface area (Å²) < 4.78 is 10.3. The molecule has 5 nitrogen and oxygen atoms in total. The molecule has 0 radical (unpaired) electrons. The molecule has 29 heavy (non-hydrogen) atoms. The van der Waals surface area contributed by atoms with E-state index in [4.69, 9.17) is 9.15 Å². The number of thioether (sulfide) groups is 1. The molecule has 0 atom stereocenters. The number of rotatable bonds is 8. The first-order valence-corrected chi connectivity index (χ1v) is 10.4. The number of anilines is 1. The van der Waals surface area contributed by atoms with Gasteiger partial charge in [-0.15, -0.1) is 11.8 Å². The van der Waals surface area contributed by atoms with Crippen molar-refractivity contribution in [1.29, 1.82) is 0 Å². The molecule has 0 aliphatic carbocycles. The third kappa shape index (κ3) is 5.74. The van der Waals surface area contributed by atoms with Crippen molar-refractivity contribution in [2.24, 2.45) is 0 Å². The molecular formula is C23H23NO4S. The van der Waals surface area contributed by atoms with E-state index in [2.05, 4.69) is 17.4 Å². The summed E-state index contributed by atoms with van der Waals surface area (Å²) in [5.41, 5.74) is 3.51. The van der Waals surface area contributed by atoms with Crippen molar-refractivity contribution < 1.29 is 18.7 Å². The number of esters is 1. The Kier molecular flexibility index (Phi) is 7.14. The molecule has 3 aromatic rings. The Labute approximate surface area is 174 Å². The SMILES string of the molecule is COC(=O)c1cc(CSCC(=O)Nc2ccccc2Cc2ccccc2)oc1C. The number of hydrogen-bond donors (Lipinski definition) is 1. The maximum atomic E-state index is 12.4. The minimum atomic E-state index is -0.421. The fourth-order valence-electron chi connectivity index (χ4n) is 2.97. The molecule has 3 rings (SSSR count). The van der Waals surface area contributed by atoms with E-state index in [0.29, 0.717) is 22.8 Å². The number of carbonyl (C=O) groups is 2. The third-order valence-corrected chi connectivity index (χ3v) is 5.34. The highest BCUT2D eigenvalue weighted by Crippen LogP contribution is 2.22. The van der Waals surface area contributed by atoms with Gasteiger partial charge in [0.2, 0.25) is 5.91 Å². The number of amides is 1. The van der Waals surface area contributed by atoms with Crippen molar-refractivity contribution in [2.45, 2.75) is 19.1 Å². The average molecular weight is 410 g/mol. The largest absolute Gasteiger partial charge is 0.465 e. The van der Waals surface area contributed by atoms with E-state index < -0.39 is 5.97 Å². The molecule has 0 bridgehead atoms. The van der Waals surface area contributed by atoms with E-state index in [1.54, 1.807) is 13.0 Å². The molecule has 0 saturated heterocycles. The lowest BCUT2D eigenvalue weighted by molar-refractivity contribution is -0.113. The van der Waals surface area contributed by atoms with Gasteiger partial charge in [-0.1, -0.05) is 48.5 Å². The number of ether oxygens (including phenoxy) is 1. The fourth-order valence-corrected chi connectivity index (χ4v) is 3.67. The molecule has 2 aromatic carbocycles. The third-order valence-electron chi connectivity index (χ3n) is 4.38. The summed E-state index contributed by atoms with van der Waals surface area (Å²) in [6, 6.07) is 19.6. The van der Waals surface area contributed by atoms with Gasteiger partial charge in [-0.2, -0.15) is 0 Å². The summed E-state index contributed by atoms with van der Waals surface area (Å²) in [5, 5.41) is 3.00. The number of methoxy groups -OCH3 is 1. The van der Waals surface area contributed by atoms with Gasteiger partial charge in [0.05, 0.1) is 18.6 Å². The highest BCUT2D eigenvalue weighted by atomic mass is 32.2. The molecule has 1 N–H and O–H groups in total. The molecule has 0 spiro atoms.